The normalized spacial score (nSPS) is 51.2. The molecule has 0 heterocycles. The summed E-state index contributed by atoms with van der Waals surface area (Å²) in [4.78, 5) is 11.3. The summed E-state index contributed by atoms with van der Waals surface area (Å²) < 4.78 is 5.20. The van der Waals surface area contributed by atoms with E-state index in [4.69, 9.17) is 4.74 Å². The first kappa shape index (κ1) is 19.4. The smallest absolute Gasteiger partial charge is 0.302 e. The number of rotatable bonds is 3. The van der Waals surface area contributed by atoms with E-state index in [1.54, 1.807) is 0 Å². The molecule has 1 spiro atoms. The van der Waals surface area contributed by atoms with Gasteiger partial charge in [-0.25, -0.2) is 0 Å². The van der Waals surface area contributed by atoms with E-state index in [-0.39, 0.29) is 41.8 Å². The molecule has 4 aliphatic carbocycles. The monoisotopic (exact) mass is 378 g/mol. The number of carbonyl (C=O) groups excluding carboxylic acids is 1. The standard InChI is InChI=1S/C22H34O5/c1-14(24)27-13-22(26)9-8-21-11-16(22)10-15(21)4-5-17-19(2,12-23)18(25)6-7-20(17,21)3/h10,16-18,23,25-26H,4-9,11-13H2,1-3H3/t16-,17+,18-,19+,20+,21+,22+/m1/s1. The third kappa shape index (κ3) is 2.44. The third-order valence-corrected chi connectivity index (χ3v) is 9.19. The van der Waals surface area contributed by atoms with Gasteiger partial charge in [-0.15, -0.1) is 0 Å². The quantitative estimate of drug-likeness (QED) is 0.519. The van der Waals surface area contributed by atoms with Gasteiger partial charge in [0.1, 0.15) is 12.2 Å². The van der Waals surface area contributed by atoms with Crippen LogP contribution in [-0.4, -0.2) is 46.2 Å². The minimum absolute atomic E-state index is 0.0170. The molecule has 0 aromatic rings. The van der Waals surface area contributed by atoms with Gasteiger partial charge in [0.15, 0.2) is 0 Å². The summed E-state index contributed by atoms with van der Waals surface area (Å²) >= 11 is 0. The molecule has 4 aliphatic rings. The molecule has 27 heavy (non-hydrogen) atoms. The molecule has 5 nitrogen and oxygen atoms in total. The van der Waals surface area contributed by atoms with Crippen LogP contribution in [0.15, 0.2) is 11.6 Å². The van der Waals surface area contributed by atoms with Crippen molar-refractivity contribution in [2.45, 2.75) is 77.4 Å². The molecule has 0 radical (unpaired) electrons. The first-order chi connectivity index (χ1) is 12.6. The summed E-state index contributed by atoms with van der Waals surface area (Å²) in [5.74, 6) is -0.0588. The van der Waals surface area contributed by atoms with Crippen molar-refractivity contribution in [3.63, 3.8) is 0 Å². The van der Waals surface area contributed by atoms with Crippen LogP contribution in [0.4, 0.5) is 0 Å². The molecule has 5 heteroatoms. The number of carbonyl (C=O) groups is 1. The maximum Gasteiger partial charge on any atom is 0.302 e. The second-order valence-corrected chi connectivity index (χ2v) is 10.2. The number of hydrogen-bond donors (Lipinski definition) is 3. The van der Waals surface area contributed by atoms with Gasteiger partial charge in [0.05, 0.1) is 12.7 Å². The fourth-order valence-corrected chi connectivity index (χ4v) is 7.44. The van der Waals surface area contributed by atoms with Gasteiger partial charge in [-0.05, 0) is 61.7 Å². The van der Waals surface area contributed by atoms with E-state index in [0.717, 1.165) is 38.5 Å². The van der Waals surface area contributed by atoms with Gasteiger partial charge in [-0.3, -0.25) is 4.79 Å². The fourth-order valence-electron chi connectivity index (χ4n) is 7.44. The van der Waals surface area contributed by atoms with E-state index < -0.39 is 17.1 Å². The van der Waals surface area contributed by atoms with E-state index in [0.29, 0.717) is 6.42 Å². The van der Waals surface area contributed by atoms with E-state index >= 15 is 0 Å². The summed E-state index contributed by atoms with van der Waals surface area (Å²) in [6.07, 6.45) is 7.87. The van der Waals surface area contributed by atoms with Crippen molar-refractivity contribution in [1.29, 1.82) is 0 Å². The average molecular weight is 379 g/mol. The number of aliphatic hydroxyl groups is 3. The maximum absolute atomic E-state index is 11.3. The predicted molar refractivity (Wildman–Crippen MR) is 101 cm³/mol. The zero-order chi connectivity index (χ0) is 19.7. The minimum Gasteiger partial charge on any atom is -0.463 e. The molecule has 0 amide bonds. The van der Waals surface area contributed by atoms with Crippen molar-refractivity contribution in [2.24, 2.45) is 28.1 Å². The Bertz CT molecular complexity index is 674. The van der Waals surface area contributed by atoms with Crippen LogP contribution in [0.25, 0.3) is 0 Å². The highest BCUT2D eigenvalue weighted by Gasteiger charge is 2.68. The van der Waals surface area contributed by atoms with Crippen LogP contribution >= 0.6 is 0 Å². The molecule has 3 fully saturated rings. The van der Waals surface area contributed by atoms with Gasteiger partial charge in [-0.2, -0.15) is 0 Å². The highest BCUT2D eigenvalue weighted by atomic mass is 16.5. The topological polar surface area (TPSA) is 87.0 Å². The average Bonchev–Trinajstić information content (AvgIpc) is 2.98. The Labute approximate surface area is 161 Å². The van der Waals surface area contributed by atoms with Crippen LogP contribution in [0.3, 0.4) is 0 Å². The molecule has 7 atom stereocenters. The molecule has 0 saturated heterocycles. The van der Waals surface area contributed by atoms with E-state index in [1.807, 2.05) is 0 Å². The highest BCUT2D eigenvalue weighted by Crippen LogP contribution is 2.73. The lowest BCUT2D eigenvalue weighted by Gasteiger charge is -2.65. The molecule has 4 rings (SSSR count). The lowest BCUT2D eigenvalue weighted by molar-refractivity contribution is -0.196. The summed E-state index contributed by atoms with van der Waals surface area (Å²) in [5, 5.41) is 32.1. The van der Waals surface area contributed by atoms with Gasteiger partial charge in [-0.1, -0.05) is 25.5 Å². The number of hydrogen-bond acceptors (Lipinski definition) is 5. The number of fused-ring (bicyclic) bond motifs is 2. The zero-order valence-corrected chi connectivity index (χ0v) is 16.8. The van der Waals surface area contributed by atoms with Gasteiger partial charge in [0, 0.05) is 18.3 Å². The molecule has 0 unspecified atom stereocenters. The van der Waals surface area contributed by atoms with Crippen LogP contribution in [0.1, 0.15) is 65.7 Å². The lowest BCUT2D eigenvalue weighted by Crippen LogP contribution is -2.62. The predicted octanol–water partition coefficient (Wildman–Crippen LogP) is 2.58. The lowest BCUT2D eigenvalue weighted by atomic mass is 9.39. The van der Waals surface area contributed by atoms with Crippen molar-refractivity contribution in [1.82, 2.24) is 0 Å². The third-order valence-electron chi connectivity index (χ3n) is 9.19. The Hall–Kier alpha value is -0.910. The molecule has 2 bridgehead atoms. The second-order valence-electron chi connectivity index (χ2n) is 10.2. The number of aliphatic hydroxyl groups excluding tert-OH is 2. The maximum atomic E-state index is 11.3. The molecule has 0 aromatic heterocycles. The second kappa shape index (κ2) is 6.04. The van der Waals surface area contributed by atoms with Crippen molar-refractivity contribution < 1.29 is 24.9 Å². The van der Waals surface area contributed by atoms with E-state index in [2.05, 4.69) is 19.9 Å². The Morgan fingerprint density at radius 1 is 1.26 bits per heavy atom. The first-order valence-corrected chi connectivity index (χ1v) is 10.5. The fraction of sp³-hybridized carbons (Fsp3) is 0.864. The van der Waals surface area contributed by atoms with Crippen LogP contribution in [0, 0.1) is 28.1 Å². The van der Waals surface area contributed by atoms with Gasteiger partial charge in [0.25, 0.3) is 0 Å². The van der Waals surface area contributed by atoms with Crippen molar-refractivity contribution in [3.05, 3.63) is 11.6 Å². The van der Waals surface area contributed by atoms with Crippen molar-refractivity contribution >= 4 is 5.97 Å². The summed E-state index contributed by atoms with van der Waals surface area (Å²) in [5.41, 5.74) is 0.0882. The largest absolute Gasteiger partial charge is 0.463 e. The van der Waals surface area contributed by atoms with Crippen molar-refractivity contribution in [2.75, 3.05) is 13.2 Å². The molecule has 0 aliphatic heterocycles. The molecular weight excluding hydrogens is 344 g/mol. The van der Waals surface area contributed by atoms with Crippen LogP contribution in [0.2, 0.25) is 0 Å². The van der Waals surface area contributed by atoms with Crippen LogP contribution in [-0.2, 0) is 9.53 Å². The number of ether oxygens (including phenoxy) is 1. The number of esters is 1. The highest BCUT2D eigenvalue weighted by molar-refractivity contribution is 5.66. The molecule has 152 valence electrons. The molecule has 3 N–H and O–H groups in total. The molecule has 0 aromatic carbocycles. The summed E-state index contributed by atoms with van der Waals surface area (Å²) in [6.45, 7) is 5.89. The molecule has 3 saturated carbocycles. The SMILES string of the molecule is CC(=O)OC[C@@]1(O)CC[C@]23C[C@H]1C=C2CC[C@H]1[C@](C)(CO)[C@H](O)CC[C@@]13C. The number of allylic oxidation sites excluding steroid dienone is 1. The van der Waals surface area contributed by atoms with Crippen LogP contribution < -0.4 is 0 Å². The van der Waals surface area contributed by atoms with Gasteiger partial charge < -0.3 is 20.1 Å². The first-order valence-electron chi connectivity index (χ1n) is 10.5. The van der Waals surface area contributed by atoms with Gasteiger partial charge in [0.2, 0.25) is 0 Å². The Kier molecular flexibility index (Phi) is 4.34. The van der Waals surface area contributed by atoms with E-state index in [1.165, 1.54) is 12.5 Å². The Morgan fingerprint density at radius 2 is 2.00 bits per heavy atom. The Balaban J connectivity index is 1.68. The van der Waals surface area contributed by atoms with Crippen molar-refractivity contribution in [3.8, 4) is 0 Å². The van der Waals surface area contributed by atoms with Crippen LogP contribution in [0.5, 0.6) is 0 Å². The summed E-state index contributed by atoms with van der Waals surface area (Å²) in [6, 6.07) is 0. The minimum atomic E-state index is -0.971. The summed E-state index contributed by atoms with van der Waals surface area (Å²) in [7, 11) is 0. The Morgan fingerprint density at radius 3 is 2.67 bits per heavy atom. The van der Waals surface area contributed by atoms with Gasteiger partial charge >= 0.3 is 5.97 Å². The zero-order valence-electron chi connectivity index (χ0n) is 16.8. The molecular formula is C22H34O5. The van der Waals surface area contributed by atoms with E-state index in [9.17, 15) is 20.1 Å².